The maximum atomic E-state index is 13.3. The summed E-state index contributed by atoms with van der Waals surface area (Å²) in [5.74, 6) is -1.42. The van der Waals surface area contributed by atoms with Gasteiger partial charge in [0.05, 0.1) is 12.8 Å². The number of para-hydroxylation sites is 1. The van der Waals surface area contributed by atoms with Crippen molar-refractivity contribution in [2.45, 2.75) is 0 Å². The second kappa shape index (κ2) is 9.78. The van der Waals surface area contributed by atoms with Gasteiger partial charge in [0.1, 0.15) is 22.8 Å². The van der Waals surface area contributed by atoms with Crippen LogP contribution in [0.5, 0.6) is 5.75 Å². The summed E-state index contributed by atoms with van der Waals surface area (Å²) >= 11 is 0. The zero-order valence-electron chi connectivity index (χ0n) is 19.4. The molecule has 0 atom stereocenters. The molecule has 0 aliphatic rings. The molecule has 0 saturated heterocycles. The summed E-state index contributed by atoms with van der Waals surface area (Å²) in [7, 11) is 1.53. The number of carbonyl (C=O) groups is 2. The van der Waals surface area contributed by atoms with Crippen LogP contribution in [0, 0.1) is 5.82 Å². The first-order valence-electron chi connectivity index (χ1n) is 11.1. The van der Waals surface area contributed by atoms with Gasteiger partial charge in [0.2, 0.25) is 11.2 Å². The first-order valence-corrected chi connectivity index (χ1v) is 11.1. The minimum absolute atomic E-state index is 0.0880. The number of nitrogens with one attached hydrogen (secondary N) is 2. The van der Waals surface area contributed by atoms with Gasteiger partial charge in [-0.25, -0.2) is 9.07 Å². The van der Waals surface area contributed by atoms with Crippen molar-refractivity contribution >= 4 is 34.2 Å². The van der Waals surface area contributed by atoms with E-state index in [4.69, 9.17) is 9.15 Å². The van der Waals surface area contributed by atoms with Crippen LogP contribution in [-0.2, 0) is 0 Å². The molecule has 0 saturated carbocycles. The van der Waals surface area contributed by atoms with E-state index < -0.39 is 28.8 Å². The van der Waals surface area contributed by atoms with Crippen molar-refractivity contribution in [3.63, 3.8) is 0 Å². The average molecular weight is 498 g/mol. The molecule has 2 N–H and O–H groups in total. The lowest BCUT2D eigenvalue weighted by Crippen LogP contribution is -2.26. The second-order valence-corrected chi connectivity index (χ2v) is 7.89. The molecule has 5 aromatic rings. The minimum Gasteiger partial charge on any atom is -0.497 e. The minimum atomic E-state index is -0.841. The topological polar surface area (TPSA) is 115 Å². The van der Waals surface area contributed by atoms with Crippen molar-refractivity contribution in [3.8, 4) is 11.4 Å². The Morgan fingerprint density at radius 1 is 0.919 bits per heavy atom. The van der Waals surface area contributed by atoms with Crippen molar-refractivity contribution in [3.05, 3.63) is 113 Å². The number of amides is 2. The van der Waals surface area contributed by atoms with Gasteiger partial charge in [-0.2, -0.15) is 5.10 Å². The number of anilines is 2. The number of methoxy groups -OCH3 is 1. The van der Waals surface area contributed by atoms with Gasteiger partial charge in [-0.1, -0.05) is 12.1 Å². The lowest BCUT2D eigenvalue weighted by atomic mass is 10.2. The third kappa shape index (κ3) is 4.80. The summed E-state index contributed by atoms with van der Waals surface area (Å²) in [6.07, 6.45) is 1.37. The number of carbonyl (C=O) groups excluding carboxylic acids is 2. The number of benzene rings is 3. The van der Waals surface area contributed by atoms with E-state index in [1.807, 2.05) is 0 Å². The number of aromatic nitrogens is 2. The summed E-state index contributed by atoms with van der Waals surface area (Å²) in [5.41, 5.74) is 0.332. The molecule has 37 heavy (non-hydrogen) atoms. The molecular formula is C27H19FN4O5. The molecule has 0 radical (unpaired) electrons. The van der Waals surface area contributed by atoms with Gasteiger partial charge >= 0.3 is 0 Å². The molecule has 0 fully saturated rings. The maximum Gasteiger partial charge on any atom is 0.293 e. The van der Waals surface area contributed by atoms with Crippen molar-refractivity contribution in [1.82, 2.24) is 9.78 Å². The smallest absolute Gasteiger partial charge is 0.293 e. The first-order chi connectivity index (χ1) is 17.9. The highest BCUT2D eigenvalue weighted by atomic mass is 19.1. The molecule has 2 aromatic heterocycles. The summed E-state index contributed by atoms with van der Waals surface area (Å²) < 4.78 is 25.5. The van der Waals surface area contributed by atoms with Crippen LogP contribution >= 0.6 is 0 Å². The Bertz CT molecular complexity index is 1670. The molecule has 0 aliphatic heterocycles. The van der Waals surface area contributed by atoms with Crippen LogP contribution in [-0.4, -0.2) is 28.7 Å². The van der Waals surface area contributed by atoms with E-state index >= 15 is 0 Å². The number of ether oxygens (including phenoxy) is 1. The van der Waals surface area contributed by atoms with Crippen LogP contribution < -0.4 is 20.8 Å². The molecule has 0 unspecified atom stereocenters. The van der Waals surface area contributed by atoms with Crippen LogP contribution in [0.2, 0.25) is 0 Å². The summed E-state index contributed by atoms with van der Waals surface area (Å²) in [5, 5.41) is 9.91. The van der Waals surface area contributed by atoms with Crippen molar-refractivity contribution in [2.75, 3.05) is 17.7 Å². The van der Waals surface area contributed by atoms with Gasteiger partial charge in [-0.05, 0) is 60.7 Å². The van der Waals surface area contributed by atoms with Gasteiger partial charge in [-0.3, -0.25) is 14.4 Å². The van der Waals surface area contributed by atoms with Gasteiger partial charge in [-0.15, -0.1) is 0 Å². The van der Waals surface area contributed by atoms with Crippen molar-refractivity contribution in [1.29, 1.82) is 0 Å². The van der Waals surface area contributed by atoms with Gasteiger partial charge in [0.15, 0.2) is 5.69 Å². The molecule has 2 heterocycles. The molecular weight excluding hydrogens is 479 g/mol. The van der Waals surface area contributed by atoms with Crippen LogP contribution in [0.25, 0.3) is 16.7 Å². The van der Waals surface area contributed by atoms with E-state index in [1.165, 1.54) is 48.3 Å². The first kappa shape index (κ1) is 23.5. The lowest BCUT2D eigenvalue weighted by Gasteiger charge is -2.09. The lowest BCUT2D eigenvalue weighted by molar-refractivity contribution is 0.0999. The average Bonchev–Trinajstić information content (AvgIpc) is 3.28. The van der Waals surface area contributed by atoms with Crippen LogP contribution in [0.15, 0.2) is 94.3 Å². The standard InChI is InChI=1S/C27H19FN4O5/c1-36-19-12-8-17(9-13-19)29-27(35)25-23(20-4-2-3-5-22(20)37-25)30-26(34)24-21(33)14-15-32(31-24)18-10-6-16(28)7-11-18/h2-15H,1H3,(H,29,35)(H,30,34). The fourth-order valence-corrected chi connectivity index (χ4v) is 3.67. The Balaban J connectivity index is 1.48. The molecule has 9 nitrogen and oxygen atoms in total. The van der Waals surface area contributed by atoms with E-state index in [2.05, 4.69) is 15.7 Å². The second-order valence-electron chi connectivity index (χ2n) is 7.89. The molecule has 184 valence electrons. The fourth-order valence-electron chi connectivity index (χ4n) is 3.67. The number of fused-ring (bicyclic) bond motifs is 1. The molecule has 10 heteroatoms. The zero-order chi connectivity index (χ0) is 25.9. The molecule has 0 bridgehead atoms. The van der Waals surface area contributed by atoms with Gasteiger partial charge in [0.25, 0.3) is 11.8 Å². The van der Waals surface area contributed by atoms with E-state index in [-0.39, 0.29) is 11.4 Å². The molecule has 0 aliphatic carbocycles. The highest BCUT2D eigenvalue weighted by Gasteiger charge is 2.24. The van der Waals surface area contributed by atoms with Gasteiger partial charge in [0, 0.05) is 23.3 Å². The highest BCUT2D eigenvalue weighted by molar-refractivity contribution is 6.16. The quantitative estimate of drug-likeness (QED) is 0.353. The number of rotatable bonds is 6. The number of halogens is 1. The highest BCUT2D eigenvalue weighted by Crippen LogP contribution is 2.32. The SMILES string of the molecule is COc1ccc(NC(=O)c2oc3ccccc3c2NC(=O)c2nn(-c3ccc(F)cc3)ccc2=O)cc1. The normalized spacial score (nSPS) is 10.8. The number of furan rings is 1. The van der Waals surface area contributed by atoms with E-state index in [0.29, 0.717) is 28.1 Å². The van der Waals surface area contributed by atoms with Crippen LogP contribution in [0.3, 0.4) is 0 Å². The monoisotopic (exact) mass is 498 g/mol. The fraction of sp³-hybridized carbons (Fsp3) is 0.0370. The van der Waals surface area contributed by atoms with E-state index in [9.17, 15) is 18.8 Å². The summed E-state index contributed by atoms with van der Waals surface area (Å²) in [6, 6.07) is 20.0. The summed E-state index contributed by atoms with van der Waals surface area (Å²) in [4.78, 5) is 38.8. The third-order valence-electron chi connectivity index (χ3n) is 5.50. The van der Waals surface area contributed by atoms with E-state index in [1.54, 1.807) is 48.5 Å². The zero-order valence-corrected chi connectivity index (χ0v) is 19.4. The molecule has 5 rings (SSSR count). The maximum absolute atomic E-state index is 13.3. The van der Waals surface area contributed by atoms with Crippen molar-refractivity contribution in [2.24, 2.45) is 0 Å². The molecule has 3 aromatic carbocycles. The Morgan fingerprint density at radius 2 is 1.65 bits per heavy atom. The number of hydrogen-bond donors (Lipinski definition) is 2. The molecule has 0 spiro atoms. The number of nitrogens with zero attached hydrogens (tertiary/aromatic N) is 2. The molecule has 2 amide bonds. The van der Waals surface area contributed by atoms with Crippen molar-refractivity contribution < 1.29 is 23.1 Å². The predicted octanol–water partition coefficient (Wildman–Crippen LogP) is 4.63. The Kier molecular flexibility index (Phi) is 6.21. The largest absolute Gasteiger partial charge is 0.497 e. The predicted molar refractivity (Wildman–Crippen MR) is 135 cm³/mol. The van der Waals surface area contributed by atoms with Gasteiger partial charge < -0.3 is 19.8 Å². The number of hydrogen-bond acceptors (Lipinski definition) is 6. The third-order valence-corrected chi connectivity index (χ3v) is 5.50. The van der Waals surface area contributed by atoms with E-state index in [0.717, 1.165) is 0 Å². The Morgan fingerprint density at radius 3 is 2.38 bits per heavy atom. The Labute approximate surface area is 209 Å². The van der Waals surface area contributed by atoms with Crippen LogP contribution in [0.4, 0.5) is 15.8 Å². The van der Waals surface area contributed by atoms with Crippen LogP contribution in [0.1, 0.15) is 21.0 Å². The Hall–Kier alpha value is -5.25. The summed E-state index contributed by atoms with van der Waals surface area (Å²) in [6.45, 7) is 0.